The molecule has 0 saturated heterocycles. The highest BCUT2D eigenvalue weighted by atomic mass is 16.7. The van der Waals surface area contributed by atoms with Gasteiger partial charge < -0.3 is 24.3 Å². The van der Waals surface area contributed by atoms with Crippen LogP contribution in [0.5, 0.6) is 5.75 Å². The van der Waals surface area contributed by atoms with Gasteiger partial charge in [-0.15, -0.1) is 0 Å². The van der Waals surface area contributed by atoms with E-state index >= 15 is 0 Å². The quantitative estimate of drug-likeness (QED) is 0.360. The van der Waals surface area contributed by atoms with E-state index in [0.29, 0.717) is 25.7 Å². The Morgan fingerprint density at radius 2 is 1.97 bits per heavy atom. The maximum Gasteiger partial charge on any atom is 0.407 e. The van der Waals surface area contributed by atoms with Crippen LogP contribution < -0.4 is 10.1 Å². The van der Waals surface area contributed by atoms with E-state index < -0.39 is 11.7 Å². The second-order valence-electron chi connectivity index (χ2n) is 8.57. The third kappa shape index (κ3) is 10.9. The molecule has 0 heterocycles. The molecule has 0 atom stereocenters. The number of hydrogen-bond donors (Lipinski definition) is 1. The lowest BCUT2D eigenvalue weighted by molar-refractivity contribution is -0.107. The van der Waals surface area contributed by atoms with E-state index in [1.165, 1.54) is 24.0 Å². The van der Waals surface area contributed by atoms with E-state index in [9.17, 15) is 9.59 Å². The minimum Gasteiger partial charge on any atom is -0.467 e. The fraction of sp³-hybridized carbons (Fsp3) is 0.652. The summed E-state index contributed by atoms with van der Waals surface area (Å²) in [6.45, 7) is 10.4. The molecule has 164 valence electrons. The number of alkyl carbamates (subject to hydrolysis) is 1. The highest BCUT2D eigenvalue weighted by Gasteiger charge is 2.24. The summed E-state index contributed by atoms with van der Waals surface area (Å²) < 4.78 is 15.7. The number of nitrogens with one attached hydrogen (secondary N) is 1. The van der Waals surface area contributed by atoms with Crippen molar-refractivity contribution in [3.63, 3.8) is 0 Å². The maximum atomic E-state index is 10.9. The topological polar surface area (TPSA) is 73.9 Å². The van der Waals surface area contributed by atoms with Gasteiger partial charge in [-0.3, -0.25) is 0 Å². The molecule has 1 N–H and O–H groups in total. The molecule has 1 aliphatic carbocycles. The first-order valence-electron chi connectivity index (χ1n) is 10.3. The average molecular weight is 408 g/mol. The largest absolute Gasteiger partial charge is 0.467 e. The van der Waals surface area contributed by atoms with Crippen LogP contribution >= 0.6 is 0 Å². The van der Waals surface area contributed by atoms with Gasteiger partial charge in [-0.25, -0.2) is 4.79 Å². The molecule has 0 spiro atoms. The van der Waals surface area contributed by atoms with Crippen LogP contribution in [0, 0.1) is 5.92 Å². The van der Waals surface area contributed by atoms with Gasteiger partial charge in [0, 0.05) is 20.1 Å². The summed E-state index contributed by atoms with van der Waals surface area (Å²) in [4.78, 5) is 20.8. The number of methoxy groups -OCH3 is 1. The van der Waals surface area contributed by atoms with Gasteiger partial charge in [-0.1, -0.05) is 32.0 Å². The van der Waals surface area contributed by atoms with Crippen LogP contribution in [0.3, 0.4) is 0 Å². The zero-order valence-corrected chi connectivity index (χ0v) is 18.7. The second-order valence-corrected chi connectivity index (χ2v) is 8.57. The van der Waals surface area contributed by atoms with Crippen molar-refractivity contribution in [3.05, 3.63) is 29.3 Å². The third-order valence-corrected chi connectivity index (χ3v) is 4.21. The van der Waals surface area contributed by atoms with E-state index in [2.05, 4.69) is 37.4 Å². The first-order valence-corrected chi connectivity index (χ1v) is 10.3. The molecule has 0 bridgehead atoms. The van der Waals surface area contributed by atoms with Crippen molar-refractivity contribution >= 4 is 12.4 Å². The van der Waals surface area contributed by atoms with Crippen molar-refractivity contribution in [2.24, 2.45) is 5.92 Å². The number of rotatable bonds is 9. The van der Waals surface area contributed by atoms with Crippen LogP contribution in [0.25, 0.3) is 0 Å². The van der Waals surface area contributed by atoms with Gasteiger partial charge in [0.2, 0.25) is 0 Å². The van der Waals surface area contributed by atoms with E-state index in [1.807, 2.05) is 0 Å². The molecule has 1 aliphatic rings. The number of hydrogen-bond acceptors (Lipinski definition) is 5. The van der Waals surface area contributed by atoms with Crippen molar-refractivity contribution in [2.45, 2.75) is 71.8 Å². The van der Waals surface area contributed by atoms with E-state index in [4.69, 9.17) is 14.2 Å². The van der Waals surface area contributed by atoms with Crippen molar-refractivity contribution in [2.75, 3.05) is 20.4 Å². The summed E-state index contributed by atoms with van der Waals surface area (Å²) in [6, 6.07) is 6.49. The molecular weight excluding hydrogens is 370 g/mol. The average Bonchev–Trinajstić information content (AvgIpc) is 3.43. The molecule has 0 radical (unpaired) electrons. The molecule has 6 heteroatoms. The highest BCUT2D eigenvalue weighted by Crippen LogP contribution is 2.38. The Morgan fingerprint density at radius 1 is 1.28 bits per heavy atom. The normalized spacial score (nSPS) is 13.3. The zero-order valence-electron chi connectivity index (χ0n) is 18.7. The summed E-state index contributed by atoms with van der Waals surface area (Å²) >= 11 is 0. The molecule has 29 heavy (non-hydrogen) atoms. The van der Waals surface area contributed by atoms with Crippen LogP contribution in [0.4, 0.5) is 4.79 Å². The van der Waals surface area contributed by atoms with E-state index in [1.54, 1.807) is 27.9 Å². The number of benzene rings is 1. The predicted octanol–water partition coefficient (Wildman–Crippen LogP) is 4.85. The number of ether oxygens (including phenoxy) is 3. The number of carbonyl (C=O) groups excluding carboxylic acids is 2. The van der Waals surface area contributed by atoms with Crippen LogP contribution in [0.15, 0.2) is 18.2 Å². The monoisotopic (exact) mass is 407 g/mol. The summed E-state index contributed by atoms with van der Waals surface area (Å²) in [5.74, 6) is 2.42. The minimum atomic E-state index is -0.482. The standard InChI is InChI=1S/C15H22O2.C8H15NO3/c1-11(2)14-6-4-5-13(9-12-7-8-12)15(14)17-10-16-3;1-8(2,3)12-7(11)9-5-4-6-10/h4-6,11-12H,7-10H2,1-3H3;6H,4-5H2,1-3H3,(H,9,11). The lowest BCUT2D eigenvalue weighted by atomic mass is 9.97. The van der Waals surface area contributed by atoms with E-state index in [-0.39, 0.29) is 0 Å². The van der Waals surface area contributed by atoms with Gasteiger partial charge in [0.1, 0.15) is 17.6 Å². The van der Waals surface area contributed by atoms with Crippen molar-refractivity contribution in [1.82, 2.24) is 5.32 Å². The molecule has 0 unspecified atom stereocenters. The molecule has 1 saturated carbocycles. The van der Waals surface area contributed by atoms with Gasteiger partial charge in [-0.05, 0) is 63.0 Å². The highest BCUT2D eigenvalue weighted by molar-refractivity contribution is 5.68. The predicted molar refractivity (Wildman–Crippen MR) is 114 cm³/mol. The van der Waals surface area contributed by atoms with E-state index in [0.717, 1.165) is 24.4 Å². The molecule has 1 aromatic carbocycles. The summed E-state index contributed by atoms with van der Waals surface area (Å²) in [7, 11) is 1.67. The lowest BCUT2D eigenvalue weighted by Gasteiger charge is -2.19. The number of aldehydes is 1. The van der Waals surface area contributed by atoms with Crippen LogP contribution in [-0.4, -0.2) is 38.4 Å². The van der Waals surface area contributed by atoms with Crippen LogP contribution in [0.1, 0.15) is 70.9 Å². The molecule has 0 aromatic heterocycles. The molecule has 1 fully saturated rings. The molecule has 1 amide bonds. The summed E-state index contributed by atoms with van der Waals surface area (Å²) in [5, 5.41) is 2.45. The van der Waals surface area contributed by atoms with Gasteiger partial charge in [-0.2, -0.15) is 0 Å². The smallest absolute Gasteiger partial charge is 0.407 e. The van der Waals surface area contributed by atoms with Gasteiger partial charge in [0.25, 0.3) is 0 Å². The van der Waals surface area contributed by atoms with Crippen molar-refractivity contribution in [1.29, 1.82) is 0 Å². The maximum absolute atomic E-state index is 10.9. The Bertz CT molecular complexity index is 633. The Kier molecular flexibility index (Phi) is 10.7. The summed E-state index contributed by atoms with van der Waals surface area (Å²) in [6.07, 6.45) is 4.48. The fourth-order valence-corrected chi connectivity index (χ4v) is 2.69. The molecule has 2 rings (SSSR count). The van der Waals surface area contributed by atoms with Crippen molar-refractivity contribution < 1.29 is 23.8 Å². The van der Waals surface area contributed by atoms with Gasteiger partial charge in [0.05, 0.1) is 0 Å². The first-order chi connectivity index (χ1) is 13.7. The third-order valence-electron chi connectivity index (χ3n) is 4.21. The molecule has 1 aromatic rings. The Morgan fingerprint density at radius 3 is 2.48 bits per heavy atom. The summed E-state index contributed by atoms with van der Waals surface area (Å²) in [5.41, 5.74) is 2.15. The van der Waals surface area contributed by atoms with Crippen molar-refractivity contribution in [3.8, 4) is 5.75 Å². The Labute approximate surface area is 175 Å². The number of para-hydroxylation sites is 1. The van der Waals surface area contributed by atoms with Crippen LogP contribution in [0.2, 0.25) is 0 Å². The second kappa shape index (κ2) is 12.5. The zero-order chi connectivity index (χ0) is 21.9. The number of amides is 1. The molecule has 0 aliphatic heterocycles. The molecule has 6 nitrogen and oxygen atoms in total. The minimum absolute atomic E-state index is 0.319. The van der Waals surface area contributed by atoms with Crippen LogP contribution in [-0.2, 0) is 20.7 Å². The molecular formula is C23H37NO5. The Balaban J connectivity index is 0.000000311. The SMILES string of the molecule is CC(C)(C)OC(=O)NCCC=O.COCOc1c(CC2CC2)cccc1C(C)C. The fourth-order valence-electron chi connectivity index (χ4n) is 2.69. The lowest BCUT2D eigenvalue weighted by Crippen LogP contribution is -2.33. The van der Waals surface area contributed by atoms with Gasteiger partial charge in [0.15, 0.2) is 6.79 Å². The Hall–Kier alpha value is -2.08. The number of carbonyl (C=O) groups is 2. The van der Waals surface area contributed by atoms with Gasteiger partial charge >= 0.3 is 6.09 Å². The first kappa shape index (κ1) is 25.0.